The molecular weight excluding hydrogens is 205 g/mol. The summed E-state index contributed by atoms with van der Waals surface area (Å²) < 4.78 is 19.0. The van der Waals surface area contributed by atoms with Crippen LogP contribution in [0.5, 0.6) is 5.75 Å². The minimum atomic E-state index is -0.250. The average molecular weight is 221 g/mol. The van der Waals surface area contributed by atoms with Gasteiger partial charge in [-0.1, -0.05) is 12.5 Å². The van der Waals surface area contributed by atoms with Crippen LogP contribution in [0.3, 0.4) is 0 Å². The van der Waals surface area contributed by atoms with Gasteiger partial charge >= 0.3 is 0 Å². The van der Waals surface area contributed by atoms with Gasteiger partial charge in [0.2, 0.25) is 0 Å². The molecule has 2 atom stereocenters. The maximum absolute atomic E-state index is 13.1. The zero-order valence-corrected chi connectivity index (χ0v) is 9.16. The van der Waals surface area contributed by atoms with Crippen LogP contribution in [0.4, 0.5) is 4.39 Å². The molecule has 16 heavy (non-hydrogen) atoms. The molecule has 0 saturated heterocycles. The average Bonchev–Trinajstić information content (AvgIpc) is 2.13. The summed E-state index contributed by atoms with van der Waals surface area (Å²) in [5.74, 6) is 1.03. The van der Waals surface area contributed by atoms with Gasteiger partial charge in [-0.25, -0.2) is 4.39 Å². The van der Waals surface area contributed by atoms with E-state index in [4.69, 9.17) is 10.5 Å². The molecule has 2 N–H and O–H groups in total. The van der Waals surface area contributed by atoms with Crippen molar-refractivity contribution in [3.8, 4) is 5.75 Å². The molecule has 1 aliphatic heterocycles. The fourth-order valence-corrected chi connectivity index (χ4v) is 2.61. The van der Waals surface area contributed by atoms with E-state index in [1.807, 2.05) is 0 Å². The minimum absolute atomic E-state index is 0.00468. The van der Waals surface area contributed by atoms with Gasteiger partial charge in [0.1, 0.15) is 17.7 Å². The first-order chi connectivity index (χ1) is 7.74. The van der Waals surface area contributed by atoms with Gasteiger partial charge < -0.3 is 10.5 Å². The van der Waals surface area contributed by atoms with Crippen LogP contribution in [0, 0.1) is 11.7 Å². The SMILES string of the molecule is N[C@@H]1CC(C2CCC2)Oc2cc(F)ccc21. The summed E-state index contributed by atoms with van der Waals surface area (Å²) in [4.78, 5) is 0. The number of hydrogen-bond acceptors (Lipinski definition) is 2. The molecule has 1 heterocycles. The fraction of sp³-hybridized carbons (Fsp3) is 0.538. The van der Waals surface area contributed by atoms with Crippen LogP contribution in [0.2, 0.25) is 0 Å². The maximum atomic E-state index is 13.1. The fourth-order valence-electron chi connectivity index (χ4n) is 2.61. The highest BCUT2D eigenvalue weighted by molar-refractivity contribution is 5.38. The molecule has 0 aromatic heterocycles. The van der Waals surface area contributed by atoms with Crippen molar-refractivity contribution in [3.63, 3.8) is 0 Å². The number of fused-ring (bicyclic) bond motifs is 1. The van der Waals surface area contributed by atoms with Gasteiger partial charge in [0.05, 0.1) is 0 Å². The first-order valence-electron chi connectivity index (χ1n) is 5.96. The lowest BCUT2D eigenvalue weighted by Gasteiger charge is -2.39. The largest absolute Gasteiger partial charge is 0.490 e. The Balaban J connectivity index is 1.88. The Morgan fingerprint density at radius 2 is 2.12 bits per heavy atom. The van der Waals surface area contributed by atoms with E-state index >= 15 is 0 Å². The third-order valence-electron chi connectivity index (χ3n) is 3.82. The van der Waals surface area contributed by atoms with Crippen LogP contribution >= 0.6 is 0 Å². The van der Waals surface area contributed by atoms with Crippen molar-refractivity contribution in [1.29, 1.82) is 0 Å². The van der Waals surface area contributed by atoms with E-state index in [1.54, 1.807) is 6.07 Å². The maximum Gasteiger partial charge on any atom is 0.127 e. The molecule has 3 heteroatoms. The number of ether oxygens (including phenoxy) is 1. The third-order valence-corrected chi connectivity index (χ3v) is 3.82. The van der Waals surface area contributed by atoms with Gasteiger partial charge in [-0.3, -0.25) is 0 Å². The Morgan fingerprint density at radius 1 is 1.31 bits per heavy atom. The van der Waals surface area contributed by atoms with Crippen molar-refractivity contribution in [2.75, 3.05) is 0 Å². The Labute approximate surface area is 94.6 Å². The van der Waals surface area contributed by atoms with E-state index in [0.717, 1.165) is 12.0 Å². The van der Waals surface area contributed by atoms with E-state index < -0.39 is 0 Å². The van der Waals surface area contributed by atoms with Crippen molar-refractivity contribution < 1.29 is 9.13 Å². The molecule has 1 aliphatic carbocycles. The monoisotopic (exact) mass is 221 g/mol. The highest BCUT2D eigenvalue weighted by Gasteiger charge is 2.34. The van der Waals surface area contributed by atoms with Crippen molar-refractivity contribution in [3.05, 3.63) is 29.6 Å². The Hall–Kier alpha value is -1.09. The molecule has 0 bridgehead atoms. The van der Waals surface area contributed by atoms with Crippen LogP contribution in [-0.4, -0.2) is 6.10 Å². The van der Waals surface area contributed by atoms with Gasteiger partial charge in [0.15, 0.2) is 0 Å². The van der Waals surface area contributed by atoms with Crippen molar-refractivity contribution in [1.82, 2.24) is 0 Å². The first kappa shape index (κ1) is 10.1. The smallest absolute Gasteiger partial charge is 0.127 e. The van der Waals surface area contributed by atoms with Gasteiger partial charge in [-0.2, -0.15) is 0 Å². The normalized spacial score (nSPS) is 29.1. The summed E-state index contributed by atoms with van der Waals surface area (Å²) in [7, 11) is 0. The molecule has 1 saturated carbocycles. The Morgan fingerprint density at radius 3 is 2.81 bits per heavy atom. The lowest BCUT2D eigenvalue weighted by Crippen LogP contribution is -2.38. The molecule has 0 radical (unpaired) electrons. The Bertz CT molecular complexity index is 403. The lowest BCUT2D eigenvalue weighted by molar-refractivity contribution is 0.0576. The molecule has 2 nitrogen and oxygen atoms in total. The standard InChI is InChI=1S/C13H16FNO/c14-9-4-5-10-11(15)7-12(8-2-1-3-8)16-13(10)6-9/h4-6,8,11-12H,1-3,7,15H2/t11-,12?/m1/s1. The Kier molecular flexibility index (Phi) is 2.36. The summed E-state index contributed by atoms with van der Waals surface area (Å²) in [5, 5.41) is 0. The number of hydrogen-bond donors (Lipinski definition) is 1. The molecule has 1 aromatic carbocycles. The number of benzene rings is 1. The third kappa shape index (κ3) is 1.59. The van der Waals surface area contributed by atoms with Gasteiger partial charge in [0.25, 0.3) is 0 Å². The number of halogens is 1. The first-order valence-corrected chi connectivity index (χ1v) is 5.96. The second-order valence-corrected chi connectivity index (χ2v) is 4.87. The molecular formula is C13H16FNO. The molecule has 0 spiro atoms. The predicted octanol–water partition coefficient (Wildman–Crippen LogP) is 2.78. The second kappa shape index (κ2) is 3.74. The predicted molar refractivity (Wildman–Crippen MR) is 59.7 cm³/mol. The van der Waals surface area contributed by atoms with E-state index in [2.05, 4.69) is 0 Å². The molecule has 2 aliphatic rings. The zero-order chi connectivity index (χ0) is 11.1. The molecule has 3 rings (SSSR count). The molecule has 86 valence electrons. The van der Waals surface area contributed by atoms with Gasteiger partial charge in [-0.05, 0) is 24.8 Å². The summed E-state index contributed by atoms with van der Waals surface area (Å²) in [6.45, 7) is 0. The van der Waals surface area contributed by atoms with E-state index in [1.165, 1.54) is 31.4 Å². The van der Waals surface area contributed by atoms with Crippen LogP contribution in [-0.2, 0) is 0 Å². The quantitative estimate of drug-likeness (QED) is 0.791. The van der Waals surface area contributed by atoms with E-state index in [-0.39, 0.29) is 18.0 Å². The highest BCUT2D eigenvalue weighted by atomic mass is 19.1. The topological polar surface area (TPSA) is 35.2 Å². The van der Waals surface area contributed by atoms with Crippen LogP contribution in [0.1, 0.15) is 37.3 Å². The van der Waals surface area contributed by atoms with E-state index in [0.29, 0.717) is 11.7 Å². The van der Waals surface area contributed by atoms with Gasteiger partial charge in [0, 0.05) is 24.1 Å². The minimum Gasteiger partial charge on any atom is -0.490 e. The number of nitrogens with two attached hydrogens (primary N) is 1. The summed E-state index contributed by atoms with van der Waals surface area (Å²) in [6, 6.07) is 4.65. The summed E-state index contributed by atoms with van der Waals surface area (Å²) in [5.41, 5.74) is 7.04. The van der Waals surface area contributed by atoms with Crippen LogP contribution < -0.4 is 10.5 Å². The lowest BCUT2D eigenvalue weighted by atomic mass is 9.77. The van der Waals surface area contributed by atoms with E-state index in [9.17, 15) is 4.39 Å². The molecule has 0 amide bonds. The molecule has 1 fully saturated rings. The van der Waals surface area contributed by atoms with Crippen molar-refractivity contribution in [2.45, 2.75) is 37.8 Å². The zero-order valence-electron chi connectivity index (χ0n) is 9.16. The van der Waals surface area contributed by atoms with Crippen molar-refractivity contribution >= 4 is 0 Å². The summed E-state index contributed by atoms with van der Waals surface area (Å²) >= 11 is 0. The van der Waals surface area contributed by atoms with Crippen LogP contribution in [0.15, 0.2) is 18.2 Å². The van der Waals surface area contributed by atoms with Crippen LogP contribution in [0.25, 0.3) is 0 Å². The second-order valence-electron chi connectivity index (χ2n) is 4.87. The highest BCUT2D eigenvalue weighted by Crippen LogP contribution is 2.41. The van der Waals surface area contributed by atoms with Gasteiger partial charge in [-0.15, -0.1) is 0 Å². The summed E-state index contributed by atoms with van der Waals surface area (Å²) in [6.07, 6.45) is 4.79. The number of rotatable bonds is 1. The molecule has 1 unspecified atom stereocenters. The van der Waals surface area contributed by atoms with Crippen molar-refractivity contribution in [2.24, 2.45) is 11.7 Å². The molecule has 1 aromatic rings.